The van der Waals surface area contributed by atoms with Crippen molar-refractivity contribution < 1.29 is 4.74 Å². The molecule has 0 fully saturated rings. The van der Waals surface area contributed by atoms with Crippen molar-refractivity contribution in [3.05, 3.63) is 59.4 Å². The molecule has 0 saturated heterocycles. The highest BCUT2D eigenvalue weighted by Gasteiger charge is 2.12. The van der Waals surface area contributed by atoms with Crippen LogP contribution in [0.5, 0.6) is 5.75 Å². The third kappa shape index (κ3) is 2.56. The molecule has 3 aromatic rings. The monoisotopic (exact) mass is 272 g/mol. The molecule has 0 amide bonds. The molecule has 0 aliphatic rings. The van der Waals surface area contributed by atoms with Crippen LogP contribution in [0.2, 0.25) is 5.02 Å². The zero-order valence-corrected chi connectivity index (χ0v) is 11.2. The van der Waals surface area contributed by atoms with E-state index in [1.807, 2.05) is 55.5 Å². The maximum absolute atomic E-state index is 5.84. The number of hydrogen-bond donors (Lipinski definition) is 1. The number of benzene rings is 2. The molecular weight excluding hydrogens is 260 g/mol. The fourth-order valence-electron chi connectivity index (χ4n) is 1.94. The van der Waals surface area contributed by atoms with E-state index in [1.54, 1.807) is 0 Å². The number of para-hydroxylation sites is 2. The first-order valence-electron chi connectivity index (χ1n) is 6.09. The summed E-state index contributed by atoms with van der Waals surface area (Å²) < 4.78 is 5.83. The predicted molar refractivity (Wildman–Crippen MR) is 76.6 cm³/mol. The Morgan fingerprint density at radius 1 is 1.11 bits per heavy atom. The quantitative estimate of drug-likeness (QED) is 0.769. The van der Waals surface area contributed by atoms with Crippen molar-refractivity contribution in [2.45, 2.75) is 13.0 Å². The Labute approximate surface area is 116 Å². The van der Waals surface area contributed by atoms with E-state index in [1.165, 1.54) is 0 Å². The number of H-pyrrole nitrogens is 1. The van der Waals surface area contributed by atoms with Gasteiger partial charge >= 0.3 is 0 Å². The summed E-state index contributed by atoms with van der Waals surface area (Å²) in [7, 11) is 0. The molecule has 3 nitrogen and oxygen atoms in total. The van der Waals surface area contributed by atoms with Gasteiger partial charge in [-0.25, -0.2) is 4.98 Å². The van der Waals surface area contributed by atoms with Crippen molar-refractivity contribution in [1.82, 2.24) is 9.97 Å². The number of nitrogens with one attached hydrogen (secondary N) is 1. The molecule has 19 heavy (non-hydrogen) atoms. The summed E-state index contributed by atoms with van der Waals surface area (Å²) in [5.41, 5.74) is 1.97. The lowest BCUT2D eigenvalue weighted by Gasteiger charge is -2.12. The Morgan fingerprint density at radius 2 is 1.84 bits per heavy atom. The van der Waals surface area contributed by atoms with Crippen LogP contribution in [0.15, 0.2) is 48.5 Å². The summed E-state index contributed by atoms with van der Waals surface area (Å²) in [5.74, 6) is 1.59. The van der Waals surface area contributed by atoms with E-state index >= 15 is 0 Å². The number of imidazole rings is 1. The number of hydrogen-bond acceptors (Lipinski definition) is 2. The van der Waals surface area contributed by atoms with Gasteiger partial charge in [0.2, 0.25) is 0 Å². The highest BCUT2D eigenvalue weighted by Crippen LogP contribution is 2.23. The molecule has 4 heteroatoms. The SMILES string of the molecule is C[C@H](Oc1ccc(Cl)cc1)c1nc2ccccc2[nH]1. The lowest BCUT2D eigenvalue weighted by Crippen LogP contribution is -2.04. The van der Waals surface area contributed by atoms with Gasteiger partial charge in [0, 0.05) is 5.02 Å². The molecule has 3 rings (SSSR count). The highest BCUT2D eigenvalue weighted by molar-refractivity contribution is 6.30. The average Bonchev–Trinajstić information content (AvgIpc) is 2.85. The topological polar surface area (TPSA) is 37.9 Å². The molecule has 0 aliphatic heterocycles. The molecule has 1 N–H and O–H groups in total. The maximum atomic E-state index is 5.84. The van der Waals surface area contributed by atoms with Crippen molar-refractivity contribution in [2.24, 2.45) is 0 Å². The van der Waals surface area contributed by atoms with Crippen LogP contribution in [-0.4, -0.2) is 9.97 Å². The van der Waals surface area contributed by atoms with Crippen LogP contribution < -0.4 is 4.74 Å². The van der Waals surface area contributed by atoms with Gasteiger partial charge in [-0.1, -0.05) is 23.7 Å². The molecule has 96 valence electrons. The van der Waals surface area contributed by atoms with Crippen LogP contribution in [0.3, 0.4) is 0 Å². The summed E-state index contributed by atoms with van der Waals surface area (Å²) >= 11 is 5.84. The molecular formula is C15H13ClN2O. The standard InChI is InChI=1S/C15H13ClN2O/c1-10(19-12-8-6-11(16)7-9-12)15-17-13-4-2-3-5-14(13)18-15/h2-10H,1H3,(H,17,18)/t10-/m0/s1. The van der Waals surface area contributed by atoms with Gasteiger partial charge in [0.1, 0.15) is 11.6 Å². The number of nitrogens with zero attached hydrogens (tertiary/aromatic N) is 1. The third-order valence-corrected chi connectivity index (χ3v) is 3.17. The Kier molecular flexibility index (Phi) is 3.13. The number of halogens is 1. The molecule has 0 saturated carbocycles. The van der Waals surface area contributed by atoms with Gasteiger partial charge in [-0.05, 0) is 43.3 Å². The van der Waals surface area contributed by atoms with Crippen LogP contribution in [0, 0.1) is 0 Å². The number of fused-ring (bicyclic) bond motifs is 1. The average molecular weight is 273 g/mol. The first kappa shape index (κ1) is 12.1. The van der Waals surface area contributed by atoms with Gasteiger partial charge in [-0.3, -0.25) is 0 Å². The van der Waals surface area contributed by atoms with Crippen molar-refractivity contribution in [2.75, 3.05) is 0 Å². The van der Waals surface area contributed by atoms with Crippen LogP contribution in [0.4, 0.5) is 0 Å². The number of rotatable bonds is 3. The highest BCUT2D eigenvalue weighted by atomic mass is 35.5. The van der Waals surface area contributed by atoms with Crippen molar-refractivity contribution in [3.63, 3.8) is 0 Å². The second kappa shape index (κ2) is 4.94. The molecule has 1 heterocycles. The summed E-state index contributed by atoms with van der Waals surface area (Å²) in [5, 5.41) is 0.698. The minimum Gasteiger partial charge on any atom is -0.483 e. The minimum absolute atomic E-state index is 0.145. The molecule has 1 atom stereocenters. The summed E-state index contributed by atoms with van der Waals surface area (Å²) in [6.45, 7) is 1.96. The predicted octanol–water partition coefficient (Wildman–Crippen LogP) is 4.36. The Hall–Kier alpha value is -2.00. The van der Waals surface area contributed by atoms with Gasteiger partial charge in [0.15, 0.2) is 6.10 Å². The van der Waals surface area contributed by atoms with Crippen LogP contribution in [0.1, 0.15) is 18.9 Å². The van der Waals surface area contributed by atoms with Gasteiger partial charge in [-0.15, -0.1) is 0 Å². The molecule has 0 bridgehead atoms. The second-order valence-corrected chi connectivity index (χ2v) is 4.79. The maximum Gasteiger partial charge on any atom is 0.153 e. The number of ether oxygens (including phenoxy) is 1. The van der Waals surface area contributed by atoms with E-state index in [9.17, 15) is 0 Å². The number of aromatic nitrogens is 2. The fourth-order valence-corrected chi connectivity index (χ4v) is 2.06. The van der Waals surface area contributed by atoms with E-state index in [-0.39, 0.29) is 6.10 Å². The van der Waals surface area contributed by atoms with Crippen LogP contribution in [-0.2, 0) is 0 Å². The lowest BCUT2D eigenvalue weighted by molar-refractivity contribution is 0.218. The van der Waals surface area contributed by atoms with Crippen molar-refractivity contribution in [3.8, 4) is 5.75 Å². The molecule has 0 aliphatic carbocycles. The molecule has 0 unspecified atom stereocenters. The normalized spacial score (nSPS) is 12.5. The zero-order valence-electron chi connectivity index (χ0n) is 10.4. The first-order valence-corrected chi connectivity index (χ1v) is 6.47. The Bertz CT molecular complexity index is 658. The lowest BCUT2D eigenvalue weighted by atomic mass is 10.3. The van der Waals surface area contributed by atoms with E-state index in [0.717, 1.165) is 22.6 Å². The van der Waals surface area contributed by atoms with Crippen molar-refractivity contribution in [1.29, 1.82) is 0 Å². The fraction of sp³-hybridized carbons (Fsp3) is 0.133. The zero-order chi connectivity index (χ0) is 13.2. The largest absolute Gasteiger partial charge is 0.483 e. The third-order valence-electron chi connectivity index (χ3n) is 2.92. The summed E-state index contributed by atoms with van der Waals surface area (Å²) in [6.07, 6.45) is -0.145. The molecule has 1 aromatic heterocycles. The van der Waals surface area contributed by atoms with E-state index in [0.29, 0.717) is 5.02 Å². The van der Waals surface area contributed by atoms with Gasteiger partial charge < -0.3 is 9.72 Å². The summed E-state index contributed by atoms with van der Waals surface area (Å²) in [6, 6.07) is 15.2. The summed E-state index contributed by atoms with van der Waals surface area (Å²) in [4.78, 5) is 7.78. The van der Waals surface area contributed by atoms with E-state index < -0.39 is 0 Å². The van der Waals surface area contributed by atoms with Crippen LogP contribution in [0.25, 0.3) is 11.0 Å². The van der Waals surface area contributed by atoms with Crippen LogP contribution >= 0.6 is 11.6 Å². The Morgan fingerprint density at radius 3 is 2.58 bits per heavy atom. The molecule has 2 aromatic carbocycles. The molecule has 0 spiro atoms. The Balaban J connectivity index is 1.83. The number of aromatic amines is 1. The minimum atomic E-state index is -0.145. The van der Waals surface area contributed by atoms with Gasteiger partial charge in [0.25, 0.3) is 0 Å². The first-order chi connectivity index (χ1) is 9.22. The molecule has 0 radical (unpaired) electrons. The van der Waals surface area contributed by atoms with E-state index in [2.05, 4.69) is 9.97 Å². The van der Waals surface area contributed by atoms with E-state index in [4.69, 9.17) is 16.3 Å². The van der Waals surface area contributed by atoms with Gasteiger partial charge in [-0.2, -0.15) is 0 Å². The smallest absolute Gasteiger partial charge is 0.153 e. The van der Waals surface area contributed by atoms with Gasteiger partial charge in [0.05, 0.1) is 11.0 Å². The second-order valence-electron chi connectivity index (χ2n) is 4.35. The van der Waals surface area contributed by atoms with Crippen molar-refractivity contribution >= 4 is 22.6 Å².